The van der Waals surface area contributed by atoms with Gasteiger partial charge in [-0.3, -0.25) is 9.69 Å². The molecule has 0 bridgehead atoms. The van der Waals surface area contributed by atoms with Crippen molar-refractivity contribution in [2.45, 2.75) is 12.8 Å². The summed E-state index contributed by atoms with van der Waals surface area (Å²) in [6.45, 7) is 7.28. The standard InChI is InChI=1S/C13H25N3O2/c1-14-10-13(17)16-6-4-15(5-7-16)11-12-2-8-18-9-3-12/h12,14H,2-11H2,1H3. The van der Waals surface area contributed by atoms with Crippen LogP contribution in [0.2, 0.25) is 0 Å². The van der Waals surface area contributed by atoms with Gasteiger partial charge in [-0.05, 0) is 25.8 Å². The van der Waals surface area contributed by atoms with Crippen molar-refractivity contribution in [3.05, 3.63) is 0 Å². The van der Waals surface area contributed by atoms with E-state index in [0.717, 1.165) is 45.3 Å². The van der Waals surface area contributed by atoms with Crippen LogP contribution >= 0.6 is 0 Å². The highest BCUT2D eigenvalue weighted by atomic mass is 16.5. The number of piperazine rings is 1. The monoisotopic (exact) mass is 255 g/mol. The molecular weight excluding hydrogens is 230 g/mol. The SMILES string of the molecule is CNCC(=O)N1CCN(CC2CCOCC2)CC1. The van der Waals surface area contributed by atoms with E-state index in [1.165, 1.54) is 19.4 Å². The minimum absolute atomic E-state index is 0.225. The van der Waals surface area contributed by atoms with Crippen LogP contribution in [0.4, 0.5) is 0 Å². The van der Waals surface area contributed by atoms with E-state index in [1.54, 1.807) is 0 Å². The minimum Gasteiger partial charge on any atom is -0.381 e. The summed E-state index contributed by atoms with van der Waals surface area (Å²) in [6.07, 6.45) is 2.39. The molecule has 1 N–H and O–H groups in total. The molecule has 0 unspecified atom stereocenters. The molecule has 2 fully saturated rings. The number of nitrogens with one attached hydrogen (secondary N) is 1. The molecule has 0 aromatic rings. The van der Waals surface area contributed by atoms with Crippen LogP contribution in [0, 0.1) is 5.92 Å². The van der Waals surface area contributed by atoms with E-state index in [2.05, 4.69) is 10.2 Å². The largest absolute Gasteiger partial charge is 0.381 e. The van der Waals surface area contributed by atoms with Crippen molar-refractivity contribution in [1.29, 1.82) is 0 Å². The first-order valence-corrected chi connectivity index (χ1v) is 7.02. The Balaban J connectivity index is 1.68. The van der Waals surface area contributed by atoms with E-state index in [9.17, 15) is 4.79 Å². The molecular formula is C13H25N3O2. The highest BCUT2D eigenvalue weighted by Gasteiger charge is 2.23. The second-order valence-corrected chi connectivity index (χ2v) is 5.27. The number of carbonyl (C=O) groups is 1. The maximum Gasteiger partial charge on any atom is 0.236 e. The lowest BCUT2D eigenvalue weighted by Crippen LogP contribution is -2.51. The van der Waals surface area contributed by atoms with Crippen LogP contribution in [-0.4, -0.2) is 75.2 Å². The van der Waals surface area contributed by atoms with Gasteiger partial charge in [-0.1, -0.05) is 0 Å². The fraction of sp³-hybridized carbons (Fsp3) is 0.923. The maximum atomic E-state index is 11.7. The number of rotatable bonds is 4. The third-order valence-electron chi connectivity index (χ3n) is 3.91. The Morgan fingerprint density at radius 1 is 1.22 bits per heavy atom. The molecule has 0 atom stereocenters. The minimum atomic E-state index is 0.225. The normalized spacial score (nSPS) is 23.3. The maximum absolute atomic E-state index is 11.7. The third kappa shape index (κ3) is 3.93. The van der Waals surface area contributed by atoms with E-state index in [1.807, 2.05) is 11.9 Å². The number of likely N-dealkylation sites (N-methyl/N-ethyl adjacent to an activating group) is 1. The topological polar surface area (TPSA) is 44.8 Å². The van der Waals surface area contributed by atoms with Crippen molar-refractivity contribution >= 4 is 5.91 Å². The zero-order chi connectivity index (χ0) is 12.8. The number of carbonyl (C=O) groups excluding carboxylic acids is 1. The summed E-state index contributed by atoms with van der Waals surface area (Å²) in [4.78, 5) is 16.2. The average Bonchev–Trinajstić information content (AvgIpc) is 2.41. The summed E-state index contributed by atoms with van der Waals surface area (Å²) in [7, 11) is 1.82. The van der Waals surface area contributed by atoms with Gasteiger partial charge in [-0.15, -0.1) is 0 Å². The lowest BCUT2D eigenvalue weighted by molar-refractivity contribution is -0.132. The summed E-state index contributed by atoms with van der Waals surface area (Å²) in [5.74, 6) is 1.02. The Bertz CT molecular complexity index is 259. The van der Waals surface area contributed by atoms with Crippen LogP contribution in [0.25, 0.3) is 0 Å². The number of ether oxygens (including phenoxy) is 1. The first-order valence-electron chi connectivity index (χ1n) is 7.02. The summed E-state index contributed by atoms with van der Waals surface area (Å²) in [6, 6.07) is 0. The van der Waals surface area contributed by atoms with Gasteiger partial charge in [0.1, 0.15) is 0 Å². The molecule has 2 aliphatic heterocycles. The molecule has 104 valence electrons. The first-order chi connectivity index (χ1) is 8.79. The molecule has 0 radical (unpaired) electrons. The number of hydrogen-bond acceptors (Lipinski definition) is 4. The average molecular weight is 255 g/mol. The van der Waals surface area contributed by atoms with Crippen LogP contribution in [0.1, 0.15) is 12.8 Å². The zero-order valence-electron chi connectivity index (χ0n) is 11.4. The lowest BCUT2D eigenvalue weighted by Gasteiger charge is -2.37. The van der Waals surface area contributed by atoms with Gasteiger partial charge in [-0.2, -0.15) is 0 Å². The quantitative estimate of drug-likeness (QED) is 0.754. The van der Waals surface area contributed by atoms with Gasteiger partial charge in [0.25, 0.3) is 0 Å². The fourth-order valence-electron chi connectivity index (χ4n) is 2.74. The molecule has 2 rings (SSSR count). The van der Waals surface area contributed by atoms with Crippen LogP contribution in [0.5, 0.6) is 0 Å². The van der Waals surface area contributed by atoms with Gasteiger partial charge in [0, 0.05) is 45.9 Å². The predicted molar refractivity (Wildman–Crippen MR) is 70.5 cm³/mol. The van der Waals surface area contributed by atoms with E-state index >= 15 is 0 Å². The Morgan fingerprint density at radius 3 is 2.50 bits per heavy atom. The molecule has 2 heterocycles. The molecule has 5 nitrogen and oxygen atoms in total. The van der Waals surface area contributed by atoms with Gasteiger partial charge in [0.05, 0.1) is 6.54 Å². The molecule has 0 aliphatic carbocycles. The number of nitrogens with zero attached hydrogens (tertiary/aromatic N) is 2. The Morgan fingerprint density at radius 2 is 1.89 bits per heavy atom. The van der Waals surface area contributed by atoms with Gasteiger partial charge in [0.15, 0.2) is 0 Å². The smallest absolute Gasteiger partial charge is 0.236 e. The Labute approximate surface area is 109 Å². The summed E-state index contributed by atoms with van der Waals surface area (Å²) < 4.78 is 5.39. The summed E-state index contributed by atoms with van der Waals surface area (Å²) in [5, 5.41) is 2.92. The first kappa shape index (κ1) is 13.8. The van der Waals surface area contributed by atoms with Gasteiger partial charge in [0.2, 0.25) is 5.91 Å². The van der Waals surface area contributed by atoms with Crippen LogP contribution in [-0.2, 0) is 9.53 Å². The number of amides is 1. The molecule has 2 aliphatic rings. The third-order valence-corrected chi connectivity index (χ3v) is 3.91. The highest BCUT2D eigenvalue weighted by Crippen LogP contribution is 2.17. The van der Waals surface area contributed by atoms with Crippen molar-refractivity contribution in [3.63, 3.8) is 0 Å². The molecule has 0 aromatic carbocycles. The molecule has 2 saturated heterocycles. The molecule has 1 amide bonds. The van der Waals surface area contributed by atoms with Gasteiger partial charge in [-0.25, -0.2) is 0 Å². The molecule has 18 heavy (non-hydrogen) atoms. The van der Waals surface area contributed by atoms with Crippen molar-refractivity contribution in [3.8, 4) is 0 Å². The fourth-order valence-corrected chi connectivity index (χ4v) is 2.74. The van der Waals surface area contributed by atoms with Crippen molar-refractivity contribution in [2.24, 2.45) is 5.92 Å². The second-order valence-electron chi connectivity index (χ2n) is 5.27. The van der Waals surface area contributed by atoms with E-state index in [4.69, 9.17) is 4.74 Å². The van der Waals surface area contributed by atoms with E-state index in [-0.39, 0.29) is 5.91 Å². The summed E-state index contributed by atoms with van der Waals surface area (Å²) >= 11 is 0. The van der Waals surface area contributed by atoms with Gasteiger partial charge >= 0.3 is 0 Å². The van der Waals surface area contributed by atoms with Crippen molar-refractivity contribution in [2.75, 3.05) is 59.5 Å². The van der Waals surface area contributed by atoms with E-state index in [0.29, 0.717) is 6.54 Å². The van der Waals surface area contributed by atoms with Crippen molar-refractivity contribution in [1.82, 2.24) is 15.1 Å². The van der Waals surface area contributed by atoms with E-state index < -0.39 is 0 Å². The van der Waals surface area contributed by atoms with Crippen LogP contribution in [0.3, 0.4) is 0 Å². The number of hydrogen-bond donors (Lipinski definition) is 1. The Kier molecular flexibility index (Phi) is 5.41. The lowest BCUT2D eigenvalue weighted by atomic mass is 9.99. The summed E-state index contributed by atoms with van der Waals surface area (Å²) in [5.41, 5.74) is 0. The Hall–Kier alpha value is -0.650. The second kappa shape index (κ2) is 7.07. The van der Waals surface area contributed by atoms with Crippen LogP contribution in [0.15, 0.2) is 0 Å². The highest BCUT2D eigenvalue weighted by molar-refractivity contribution is 5.78. The molecule has 5 heteroatoms. The van der Waals surface area contributed by atoms with Crippen molar-refractivity contribution < 1.29 is 9.53 Å². The molecule has 0 aromatic heterocycles. The van der Waals surface area contributed by atoms with Crippen LogP contribution < -0.4 is 5.32 Å². The molecule has 0 saturated carbocycles. The van der Waals surface area contributed by atoms with Gasteiger partial charge < -0.3 is 15.0 Å². The molecule has 0 spiro atoms. The zero-order valence-corrected chi connectivity index (χ0v) is 11.4. The predicted octanol–water partition coefficient (Wildman–Crippen LogP) is -0.223.